The molecule has 0 unspecified atom stereocenters. The number of hydrogen-bond donors (Lipinski definition) is 1. The fourth-order valence-corrected chi connectivity index (χ4v) is 3.52. The highest BCUT2D eigenvalue weighted by atomic mass is 19.3. The molecule has 160 valence electrons. The van der Waals surface area contributed by atoms with Crippen molar-refractivity contribution in [2.75, 3.05) is 18.1 Å². The summed E-state index contributed by atoms with van der Waals surface area (Å²) in [6.45, 7) is 1.69. The lowest BCUT2D eigenvalue weighted by Gasteiger charge is -2.17. The molecule has 30 heavy (non-hydrogen) atoms. The second kappa shape index (κ2) is 7.54. The van der Waals surface area contributed by atoms with E-state index in [0.29, 0.717) is 17.9 Å². The standard InChI is InChI=1S/C19H19F3N4O4/c1-9(17(23)27)4-10-5-14-11(6-12(10)20)18-24-15(7-25(18)2-3-29-14)26-13(16(21)22)8-30-19(26)28/h5-7,9,13,16H,2-4,8H2,1H3,(H2,23,27)/t9-,13+/m1/s1. The number of carbonyl (C=O) groups is 2. The van der Waals surface area contributed by atoms with E-state index in [-0.39, 0.29) is 30.2 Å². The number of cyclic esters (lactones) is 1. The highest BCUT2D eigenvalue weighted by Crippen LogP contribution is 2.37. The zero-order valence-corrected chi connectivity index (χ0v) is 16.0. The molecule has 2 amide bonds. The van der Waals surface area contributed by atoms with Crippen molar-refractivity contribution in [3.05, 3.63) is 29.7 Å². The third kappa shape index (κ3) is 3.44. The zero-order valence-electron chi connectivity index (χ0n) is 16.0. The average Bonchev–Trinajstić information content (AvgIpc) is 3.23. The molecule has 0 bridgehead atoms. The molecule has 0 saturated carbocycles. The van der Waals surface area contributed by atoms with Gasteiger partial charge in [-0.15, -0.1) is 0 Å². The predicted octanol–water partition coefficient (Wildman–Crippen LogP) is 2.34. The summed E-state index contributed by atoms with van der Waals surface area (Å²) in [5.41, 5.74) is 5.84. The number of fused-ring (bicyclic) bond motifs is 3. The summed E-state index contributed by atoms with van der Waals surface area (Å²) in [5.74, 6) is -1.07. The fraction of sp³-hybridized carbons (Fsp3) is 0.421. The van der Waals surface area contributed by atoms with Gasteiger partial charge >= 0.3 is 6.09 Å². The van der Waals surface area contributed by atoms with Crippen LogP contribution in [0.15, 0.2) is 18.3 Å². The molecule has 1 saturated heterocycles. The van der Waals surface area contributed by atoms with Gasteiger partial charge in [-0.05, 0) is 24.1 Å². The summed E-state index contributed by atoms with van der Waals surface area (Å²) in [4.78, 5) is 28.4. The van der Waals surface area contributed by atoms with Gasteiger partial charge in [0.25, 0.3) is 6.43 Å². The van der Waals surface area contributed by atoms with Crippen molar-refractivity contribution in [3.8, 4) is 17.1 Å². The van der Waals surface area contributed by atoms with Gasteiger partial charge in [0.15, 0.2) is 5.82 Å². The monoisotopic (exact) mass is 424 g/mol. The molecule has 1 aromatic heterocycles. The number of imidazole rings is 1. The second-order valence-electron chi connectivity index (χ2n) is 7.26. The molecule has 1 aromatic carbocycles. The Bertz CT molecular complexity index is 1010. The van der Waals surface area contributed by atoms with Gasteiger partial charge in [0.2, 0.25) is 5.91 Å². The van der Waals surface area contributed by atoms with Crippen LogP contribution in [0.5, 0.6) is 5.75 Å². The van der Waals surface area contributed by atoms with Crippen LogP contribution in [0.25, 0.3) is 11.4 Å². The number of nitrogens with zero attached hydrogens (tertiary/aromatic N) is 3. The first kappa shape index (κ1) is 20.0. The number of hydrogen-bond acceptors (Lipinski definition) is 5. The smallest absolute Gasteiger partial charge is 0.416 e. The fourth-order valence-electron chi connectivity index (χ4n) is 3.52. The van der Waals surface area contributed by atoms with E-state index in [1.54, 1.807) is 11.5 Å². The van der Waals surface area contributed by atoms with Crippen LogP contribution in [0.3, 0.4) is 0 Å². The summed E-state index contributed by atoms with van der Waals surface area (Å²) in [7, 11) is 0. The largest absolute Gasteiger partial charge is 0.491 e. The van der Waals surface area contributed by atoms with Crippen molar-refractivity contribution in [2.45, 2.75) is 32.4 Å². The zero-order chi connectivity index (χ0) is 21.6. The van der Waals surface area contributed by atoms with Gasteiger partial charge in [-0.1, -0.05) is 6.92 Å². The van der Waals surface area contributed by atoms with Gasteiger partial charge in [0.05, 0.1) is 12.1 Å². The van der Waals surface area contributed by atoms with Crippen LogP contribution in [-0.2, 0) is 22.5 Å². The van der Waals surface area contributed by atoms with E-state index >= 15 is 0 Å². The van der Waals surface area contributed by atoms with Crippen molar-refractivity contribution in [1.29, 1.82) is 0 Å². The molecule has 2 aliphatic rings. The van der Waals surface area contributed by atoms with E-state index in [4.69, 9.17) is 15.2 Å². The van der Waals surface area contributed by atoms with Gasteiger partial charge in [0, 0.05) is 12.1 Å². The number of primary amides is 1. The lowest BCUT2D eigenvalue weighted by Crippen LogP contribution is -2.38. The Balaban J connectivity index is 1.73. The molecule has 2 atom stereocenters. The number of anilines is 1. The van der Waals surface area contributed by atoms with Crippen molar-refractivity contribution < 1.29 is 32.2 Å². The van der Waals surface area contributed by atoms with E-state index in [1.165, 1.54) is 18.3 Å². The maximum absolute atomic E-state index is 14.7. The number of rotatable bonds is 5. The van der Waals surface area contributed by atoms with Gasteiger partial charge in [-0.3, -0.25) is 4.79 Å². The van der Waals surface area contributed by atoms with E-state index in [0.717, 1.165) is 4.90 Å². The summed E-state index contributed by atoms with van der Waals surface area (Å²) < 4.78 is 53.4. The molecule has 11 heteroatoms. The Hall–Kier alpha value is -3.24. The lowest BCUT2D eigenvalue weighted by atomic mass is 9.98. The number of halogens is 3. The van der Waals surface area contributed by atoms with Crippen LogP contribution < -0.4 is 15.4 Å². The second-order valence-corrected chi connectivity index (χ2v) is 7.26. The molecule has 2 aromatic rings. The molecule has 0 radical (unpaired) electrons. The molecule has 3 heterocycles. The Morgan fingerprint density at radius 3 is 2.83 bits per heavy atom. The maximum Gasteiger partial charge on any atom is 0.416 e. The van der Waals surface area contributed by atoms with Crippen LogP contribution in [0.1, 0.15) is 12.5 Å². The molecule has 0 spiro atoms. The number of benzene rings is 1. The first-order valence-electron chi connectivity index (χ1n) is 9.32. The minimum atomic E-state index is -2.80. The highest BCUT2D eigenvalue weighted by Gasteiger charge is 2.42. The van der Waals surface area contributed by atoms with Gasteiger partial charge in [0.1, 0.15) is 36.6 Å². The topological polar surface area (TPSA) is 99.7 Å². The predicted molar refractivity (Wildman–Crippen MR) is 98.8 cm³/mol. The number of carbonyl (C=O) groups excluding carboxylic acids is 2. The Labute approximate surface area is 169 Å². The molecule has 0 aliphatic carbocycles. The summed E-state index contributed by atoms with van der Waals surface area (Å²) >= 11 is 0. The molecular formula is C19H19F3N4O4. The normalized spacial score (nSPS) is 19.0. The number of amides is 2. The van der Waals surface area contributed by atoms with Crippen molar-refractivity contribution in [1.82, 2.24) is 9.55 Å². The molecule has 2 aliphatic heterocycles. The summed E-state index contributed by atoms with van der Waals surface area (Å²) in [6.07, 6.45) is -2.17. The Morgan fingerprint density at radius 2 is 2.13 bits per heavy atom. The minimum absolute atomic E-state index is 0.00233. The van der Waals surface area contributed by atoms with Crippen LogP contribution in [0, 0.1) is 11.7 Å². The van der Waals surface area contributed by atoms with Crippen molar-refractivity contribution in [3.63, 3.8) is 0 Å². The quantitative estimate of drug-likeness (QED) is 0.794. The van der Waals surface area contributed by atoms with E-state index in [9.17, 15) is 22.8 Å². The number of ether oxygens (including phenoxy) is 2. The van der Waals surface area contributed by atoms with Crippen molar-refractivity contribution >= 4 is 17.8 Å². The van der Waals surface area contributed by atoms with Crippen LogP contribution in [0.2, 0.25) is 0 Å². The van der Waals surface area contributed by atoms with Crippen LogP contribution >= 0.6 is 0 Å². The van der Waals surface area contributed by atoms with Crippen molar-refractivity contribution in [2.24, 2.45) is 11.7 Å². The molecule has 1 fully saturated rings. The third-order valence-electron chi connectivity index (χ3n) is 5.20. The maximum atomic E-state index is 14.7. The Kier molecular flexibility index (Phi) is 5.04. The van der Waals surface area contributed by atoms with Gasteiger partial charge in [-0.25, -0.2) is 27.8 Å². The highest BCUT2D eigenvalue weighted by molar-refractivity contribution is 5.89. The van der Waals surface area contributed by atoms with E-state index < -0.39 is 42.8 Å². The Morgan fingerprint density at radius 1 is 1.37 bits per heavy atom. The first-order chi connectivity index (χ1) is 14.3. The molecular weight excluding hydrogens is 405 g/mol. The summed E-state index contributed by atoms with van der Waals surface area (Å²) in [5, 5.41) is 0. The van der Waals surface area contributed by atoms with Crippen LogP contribution in [0.4, 0.5) is 23.8 Å². The van der Waals surface area contributed by atoms with E-state index in [2.05, 4.69) is 4.98 Å². The van der Waals surface area contributed by atoms with Gasteiger partial charge < -0.3 is 19.8 Å². The van der Waals surface area contributed by atoms with Crippen LogP contribution in [-0.4, -0.2) is 47.2 Å². The third-order valence-corrected chi connectivity index (χ3v) is 5.20. The molecule has 4 rings (SSSR count). The minimum Gasteiger partial charge on any atom is -0.491 e. The number of nitrogens with two attached hydrogens (primary N) is 1. The summed E-state index contributed by atoms with van der Waals surface area (Å²) in [6, 6.07) is 1.26. The average molecular weight is 424 g/mol. The SMILES string of the molecule is C[C@H](Cc1cc2c(cc1F)-c1nc(N3C(=O)OC[C@H]3C(F)F)cn1CCO2)C(N)=O. The first-order valence-corrected chi connectivity index (χ1v) is 9.32. The van der Waals surface area contributed by atoms with E-state index in [1.807, 2.05) is 0 Å². The number of alkyl halides is 2. The van der Waals surface area contributed by atoms with Gasteiger partial charge in [-0.2, -0.15) is 0 Å². The number of aromatic nitrogens is 2. The molecule has 8 nitrogen and oxygen atoms in total. The lowest BCUT2D eigenvalue weighted by molar-refractivity contribution is -0.121. The molecule has 2 N–H and O–H groups in total.